The standard InChI is InChI=1S/C21H19F3N2O4S.C21H22N2O5S/c1-31(29,30)17-10-4-14(5-11-17)19-13-18(20(28)3-2-12-27)25-26(19)16-8-6-15(7-9-16)21(22,23)24;1-28-17-9-7-16(8-10-17)23-20(14-19(22-23)21(25)4-3-13-24)15-5-11-18(12-6-15)29(2,26)27/h4-11,13,27H,2-3,12H2,1H3;5-12,14,24H,3-4,13H2,1-2H3. The van der Waals surface area contributed by atoms with Gasteiger partial charge in [0.1, 0.15) is 17.1 Å². The number of aromatic nitrogens is 4. The Hall–Kier alpha value is -5.95. The van der Waals surface area contributed by atoms with E-state index < -0.39 is 31.4 Å². The van der Waals surface area contributed by atoms with Gasteiger partial charge in [-0.1, -0.05) is 24.3 Å². The minimum absolute atomic E-state index is 0.0625. The molecule has 0 fully saturated rings. The summed E-state index contributed by atoms with van der Waals surface area (Å²) in [4.78, 5) is 25.1. The molecule has 0 bridgehead atoms. The highest BCUT2D eigenvalue weighted by atomic mass is 32.2. The lowest BCUT2D eigenvalue weighted by molar-refractivity contribution is -0.137. The average molecular weight is 867 g/mol. The molecule has 18 heteroatoms. The van der Waals surface area contributed by atoms with Gasteiger partial charge in [0.25, 0.3) is 0 Å². The zero-order chi connectivity index (χ0) is 43.8. The number of carbonyl (C=O) groups excluding carboxylic acids is 2. The molecule has 0 aliphatic heterocycles. The maximum Gasteiger partial charge on any atom is 0.416 e. The van der Waals surface area contributed by atoms with E-state index in [1.165, 1.54) is 59.3 Å². The van der Waals surface area contributed by atoms with Crippen molar-refractivity contribution in [3.63, 3.8) is 0 Å². The molecule has 60 heavy (non-hydrogen) atoms. The molecule has 2 aromatic heterocycles. The fourth-order valence-electron chi connectivity index (χ4n) is 5.84. The molecular formula is C42H41F3N4O9S2. The van der Waals surface area contributed by atoms with Gasteiger partial charge in [0.15, 0.2) is 31.2 Å². The van der Waals surface area contributed by atoms with Crippen molar-refractivity contribution in [1.82, 2.24) is 19.6 Å². The largest absolute Gasteiger partial charge is 0.497 e. The number of ether oxygens (including phenoxy) is 1. The van der Waals surface area contributed by atoms with Gasteiger partial charge in [-0.05, 0) is 97.8 Å². The number of benzene rings is 4. The van der Waals surface area contributed by atoms with Crippen LogP contribution >= 0.6 is 0 Å². The minimum atomic E-state index is -4.49. The summed E-state index contributed by atoms with van der Waals surface area (Å²) in [5.74, 6) is 0.202. The van der Waals surface area contributed by atoms with Crippen molar-refractivity contribution in [1.29, 1.82) is 0 Å². The Morgan fingerprint density at radius 2 is 0.983 bits per heavy atom. The quantitative estimate of drug-likeness (QED) is 0.103. The van der Waals surface area contributed by atoms with E-state index in [-0.39, 0.29) is 65.2 Å². The SMILES string of the molecule is COc1ccc(-n2nc(C(=O)CCCO)cc2-c2ccc(S(C)(=O)=O)cc2)cc1.CS(=O)(=O)c1ccc(-c2cc(C(=O)CCCO)nn2-c2ccc(C(F)(F)F)cc2)cc1. The topological polar surface area (TPSA) is 188 Å². The molecule has 4 aromatic carbocycles. The van der Waals surface area contributed by atoms with Crippen LogP contribution in [-0.4, -0.2) is 91.0 Å². The fraction of sp³-hybridized carbons (Fsp3) is 0.238. The van der Waals surface area contributed by atoms with E-state index in [1.807, 2.05) is 12.1 Å². The van der Waals surface area contributed by atoms with Gasteiger partial charge in [-0.2, -0.15) is 23.4 Å². The second-order valence-electron chi connectivity index (χ2n) is 13.5. The number of nitrogens with zero attached hydrogens (tertiary/aromatic N) is 4. The summed E-state index contributed by atoms with van der Waals surface area (Å²) in [5, 5.41) is 26.6. The van der Waals surface area contributed by atoms with Crippen LogP contribution in [0.1, 0.15) is 52.2 Å². The number of sulfone groups is 2. The highest BCUT2D eigenvalue weighted by molar-refractivity contribution is 7.91. The molecule has 2 N–H and O–H groups in total. The number of alkyl halides is 3. The smallest absolute Gasteiger partial charge is 0.416 e. The van der Waals surface area contributed by atoms with Crippen LogP contribution in [-0.2, 0) is 25.9 Å². The third-order valence-corrected chi connectivity index (χ3v) is 11.3. The van der Waals surface area contributed by atoms with Crippen molar-refractivity contribution in [3.05, 3.63) is 126 Å². The van der Waals surface area contributed by atoms with E-state index in [4.69, 9.17) is 14.9 Å². The third kappa shape index (κ3) is 11.2. The summed E-state index contributed by atoms with van der Waals surface area (Å²) >= 11 is 0. The number of ketones is 2. The van der Waals surface area contributed by atoms with Crippen LogP contribution in [0.3, 0.4) is 0 Å². The van der Waals surface area contributed by atoms with Crippen LogP contribution in [0.15, 0.2) is 119 Å². The van der Waals surface area contributed by atoms with E-state index in [9.17, 15) is 39.6 Å². The highest BCUT2D eigenvalue weighted by Gasteiger charge is 2.30. The Morgan fingerprint density at radius 3 is 1.30 bits per heavy atom. The molecule has 0 unspecified atom stereocenters. The van der Waals surface area contributed by atoms with Gasteiger partial charge in [-0.25, -0.2) is 26.2 Å². The minimum Gasteiger partial charge on any atom is -0.497 e. The van der Waals surface area contributed by atoms with E-state index in [0.717, 1.165) is 35.9 Å². The van der Waals surface area contributed by atoms with Crippen LogP contribution in [0.25, 0.3) is 33.9 Å². The first-order chi connectivity index (χ1) is 28.3. The molecule has 0 saturated heterocycles. The Bertz CT molecular complexity index is 2660. The number of halogens is 3. The Kier molecular flexibility index (Phi) is 14.3. The number of carbonyl (C=O) groups is 2. The second kappa shape index (κ2) is 19.0. The van der Waals surface area contributed by atoms with Gasteiger partial charge in [0.2, 0.25) is 0 Å². The number of hydrogen-bond acceptors (Lipinski definition) is 11. The first-order valence-corrected chi connectivity index (χ1v) is 22.0. The Labute approximate surface area is 344 Å². The van der Waals surface area contributed by atoms with Crippen molar-refractivity contribution in [3.8, 4) is 39.6 Å². The summed E-state index contributed by atoms with van der Waals surface area (Å²) in [6.45, 7) is -0.226. The molecule has 0 radical (unpaired) electrons. The number of rotatable bonds is 15. The van der Waals surface area contributed by atoms with Gasteiger partial charge in [-0.15, -0.1) is 0 Å². The molecule has 0 amide bonds. The fourth-order valence-corrected chi connectivity index (χ4v) is 7.10. The molecule has 13 nitrogen and oxygen atoms in total. The summed E-state index contributed by atoms with van der Waals surface area (Å²) in [5.41, 5.74) is 2.91. The normalized spacial score (nSPS) is 11.8. The summed E-state index contributed by atoms with van der Waals surface area (Å²) in [7, 11) is -5.13. The summed E-state index contributed by atoms with van der Waals surface area (Å²) in [6, 6.07) is 27.0. The van der Waals surface area contributed by atoms with Crippen LogP contribution in [0.2, 0.25) is 0 Å². The van der Waals surface area contributed by atoms with E-state index in [1.54, 1.807) is 42.1 Å². The van der Waals surface area contributed by atoms with Crippen LogP contribution in [0, 0.1) is 0 Å². The molecule has 6 rings (SSSR count). The highest BCUT2D eigenvalue weighted by Crippen LogP contribution is 2.32. The lowest BCUT2D eigenvalue weighted by atomic mass is 10.1. The molecule has 6 aromatic rings. The molecular weight excluding hydrogens is 826 g/mol. The second-order valence-corrected chi connectivity index (χ2v) is 17.5. The molecule has 316 valence electrons. The molecule has 0 atom stereocenters. The van der Waals surface area contributed by atoms with Gasteiger partial charge in [-0.3, -0.25) is 9.59 Å². The Balaban J connectivity index is 0.000000228. The predicted octanol–water partition coefficient (Wildman–Crippen LogP) is 6.82. The monoisotopic (exact) mass is 866 g/mol. The number of aliphatic hydroxyl groups is 2. The van der Waals surface area contributed by atoms with E-state index in [2.05, 4.69) is 10.2 Å². The molecule has 0 spiro atoms. The van der Waals surface area contributed by atoms with Gasteiger partial charge < -0.3 is 14.9 Å². The number of Topliss-reactive ketones (excluding diaryl/α,β-unsaturated/α-hetero) is 2. The third-order valence-electron chi connectivity index (χ3n) is 9.03. The van der Waals surface area contributed by atoms with Crippen molar-refractivity contribution in [2.75, 3.05) is 32.8 Å². The molecule has 0 aliphatic rings. The van der Waals surface area contributed by atoms with Crippen LogP contribution < -0.4 is 4.74 Å². The number of aliphatic hydroxyl groups excluding tert-OH is 2. The molecule has 2 heterocycles. The average Bonchev–Trinajstić information content (AvgIpc) is 3.88. The van der Waals surface area contributed by atoms with Crippen molar-refractivity contribution < 1.29 is 54.5 Å². The lowest BCUT2D eigenvalue weighted by Gasteiger charge is -2.10. The maximum absolute atomic E-state index is 12.9. The van der Waals surface area contributed by atoms with Crippen molar-refractivity contribution in [2.45, 2.75) is 41.7 Å². The molecule has 0 saturated carbocycles. The van der Waals surface area contributed by atoms with Crippen LogP contribution in [0.5, 0.6) is 5.75 Å². The van der Waals surface area contributed by atoms with Gasteiger partial charge in [0, 0.05) is 49.7 Å². The zero-order valence-electron chi connectivity index (χ0n) is 32.6. The number of hydrogen-bond donors (Lipinski definition) is 2. The van der Waals surface area contributed by atoms with Crippen molar-refractivity contribution in [2.24, 2.45) is 0 Å². The van der Waals surface area contributed by atoms with E-state index >= 15 is 0 Å². The Morgan fingerprint density at radius 1 is 0.617 bits per heavy atom. The predicted molar refractivity (Wildman–Crippen MR) is 217 cm³/mol. The van der Waals surface area contributed by atoms with Gasteiger partial charge >= 0.3 is 6.18 Å². The summed E-state index contributed by atoms with van der Waals surface area (Å²) < 4.78 is 93.7. The van der Waals surface area contributed by atoms with Crippen LogP contribution in [0.4, 0.5) is 13.2 Å². The number of methoxy groups -OCH3 is 1. The lowest BCUT2D eigenvalue weighted by Crippen LogP contribution is -2.07. The zero-order valence-corrected chi connectivity index (χ0v) is 34.3. The first kappa shape index (κ1) is 45.1. The van der Waals surface area contributed by atoms with Crippen molar-refractivity contribution >= 4 is 31.2 Å². The molecule has 0 aliphatic carbocycles. The summed E-state index contributed by atoms with van der Waals surface area (Å²) in [6.07, 6.45) is -1.38. The first-order valence-electron chi connectivity index (χ1n) is 18.3. The van der Waals surface area contributed by atoms with E-state index in [0.29, 0.717) is 34.8 Å². The van der Waals surface area contributed by atoms with Gasteiger partial charge in [0.05, 0.1) is 45.2 Å². The maximum atomic E-state index is 12.9.